The second-order valence-corrected chi connectivity index (χ2v) is 7.08. The van der Waals surface area contributed by atoms with Gasteiger partial charge in [0.2, 0.25) is 0 Å². The highest BCUT2D eigenvalue weighted by Gasteiger charge is 2.30. The molecule has 1 amide bonds. The number of carbonyl (C=O) groups is 1. The first-order chi connectivity index (χ1) is 12.0. The molecule has 0 spiro atoms. The fourth-order valence-corrected chi connectivity index (χ4v) is 3.98. The summed E-state index contributed by atoms with van der Waals surface area (Å²) < 4.78 is 27.7. The van der Waals surface area contributed by atoms with Crippen LogP contribution in [0.15, 0.2) is 36.4 Å². The van der Waals surface area contributed by atoms with Crippen molar-refractivity contribution in [2.75, 3.05) is 0 Å². The molecule has 2 aromatic carbocycles. The fraction of sp³-hybridized carbons (Fsp3) is 0.316. The Morgan fingerprint density at radius 2 is 1.72 bits per heavy atom. The normalized spacial score (nSPS) is 20.3. The van der Waals surface area contributed by atoms with E-state index in [2.05, 4.69) is 5.32 Å². The Kier molecular flexibility index (Phi) is 5.60. The lowest BCUT2D eigenvalue weighted by Gasteiger charge is -2.33. The number of hydrogen-bond acceptors (Lipinski definition) is 1. The van der Waals surface area contributed by atoms with E-state index < -0.39 is 23.1 Å². The summed E-state index contributed by atoms with van der Waals surface area (Å²) in [5.74, 6) is -2.49. The maximum Gasteiger partial charge on any atom is 0.257 e. The van der Waals surface area contributed by atoms with Crippen LogP contribution in [0.2, 0.25) is 10.0 Å². The predicted octanol–water partition coefficient (Wildman–Crippen LogP) is 5.73. The summed E-state index contributed by atoms with van der Waals surface area (Å²) in [7, 11) is 0. The zero-order valence-corrected chi connectivity index (χ0v) is 14.9. The van der Waals surface area contributed by atoms with E-state index in [9.17, 15) is 13.6 Å². The van der Waals surface area contributed by atoms with Gasteiger partial charge in [-0.25, -0.2) is 8.78 Å². The van der Waals surface area contributed by atoms with Crippen LogP contribution in [0.4, 0.5) is 8.78 Å². The third kappa shape index (κ3) is 3.96. The van der Waals surface area contributed by atoms with Crippen molar-refractivity contribution >= 4 is 29.1 Å². The SMILES string of the molecule is O=C(N[C@@H]1CCCC[C@H]1c1ccc(Cl)cc1Cl)c1c(F)cccc1F. The van der Waals surface area contributed by atoms with Crippen LogP contribution < -0.4 is 5.32 Å². The second kappa shape index (κ2) is 7.71. The smallest absolute Gasteiger partial charge is 0.257 e. The van der Waals surface area contributed by atoms with Gasteiger partial charge in [0.25, 0.3) is 5.91 Å². The second-order valence-electron chi connectivity index (χ2n) is 6.23. The molecule has 6 heteroatoms. The van der Waals surface area contributed by atoms with Crippen molar-refractivity contribution in [2.45, 2.75) is 37.6 Å². The first-order valence-electron chi connectivity index (χ1n) is 8.17. The highest BCUT2D eigenvalue weighted by Crippen LogP contribution is 2.37. The van der Waals surface area contributed by atoms with Gasteiger partial charge in [0.15, 0.2) is 0 Å². The zero-order chi connectivity index (χ0) is 18.0. The molecule has 0 heterocycles. The third-order valence-corrected chi connectivity index (χ3v) is 5.20. The molecule has 25 heavy (non-hydrogen) atoms. The molecular weight excluding hydrogens is 367 g/mol. The summed E-state index contributed by atoms with van der Waals surface area (Å²) in [6, 6.07) is 8.43. The van der Waals surface area contributed by atoms with Crippen molar-refractivity contribution in [1.29, 1.82) is 0 Å². The van der Waals surface area contributed by atoms with Crippen molar-refractivity contribution < 1.29 is 13.6 Å². The van der Waals surface area contributed by atoms with E-state index in [0.29, 0.717) is 10.0 Å². The zero-order valence-electron chi connectivity index (χ0n) is 13.4. The molecule has 1 N–H and O–H groups in total. The topological polar surface area (TPSA) is 29.1 Å². The standard InChI is InChI=1S/C19H17Cl2F2NO/c20-11-8-9-12(14(21)10-11)13-4-1-2-7-17(13)24-19(25)18-15(22)5-3-6-16(18)23/h3,5-6,8-10,13,17H,1-2,4,7H2,(H,24,25)/t13-,17+/m0/s1. The molecule has 0 bridgehead atoms. The Morgan fingerprint density at radius 3 is 2.40 bits per heavy atom. The highest BCUT2D eigenvalue weighted by molar-refractivity contribution is 6.35. The molecule has 2 atom stereocenters. The Hall–Kier alpha value is -1.65. The van der Waals surface area contributed by atoms with Gasteiger partial charge in [-0.2, -0.15) is 0 Å². The molecule has 2 aromatic rings. The summed E-state index contributed by atoms with van der Waals surface area (Å²) >= 11 is 12.3. The van der Waals surface area contributed by atoms with E-state index in [1.54, 1.807) is 12.1 Å². The van der Waals surface area contributed by atoms with E-state index >= 15 is 0 Å². The molecule has 1 aliphatic carbocycles. The van der Waals surface area contributed by atoms with Gasteiger partial charge in [-0.05, 0) is 42.7 Å². The Bertz CT molecular complexity index is 777. The molecule has 1 fully saturated rings. The van der Waals surface area contributed by atoms with Gasteiger partial charge < -0.3 is 5.32 Å². The van der Waals surface area contributed by atoms with Crippen LogP contribution in [0, 0.1) is 11.6 Å². The molecule has 132 valence electrons. The summed E-state index contributed by atoms with van der Waals surface area (Å²) in [6.45, 7) is 0. The van der Waals surface area contributed by atoms with Crippen LogP contribution in [0.1, 0.15) is 47.5 Å². The van der Waals surface area contributed by atoms with E-state index in [4.69, 9.17) is 23.2 Å². The molecule has 0 unspecified atom stereocenters. The van der Waals surface area contributed by atoms with Crippen molar-refractivity contribution in [1.82, 2.24) is 5.32 Å². The number of nitrogens with one attached hydrogen (secondary N) is 1. The summed E-state index contributed by atoms with van der Waals surface area (Å²) in [5, 5.41) is 3.87. The van der Waals surface area contributed by atoms with E-state index in [1.807, 2.05) is 6.07 Å². The van der Waals surface area contributed by atoms with E-state index in [-0.39, 0.29) is 12.0 Å². The predicted molar refractivity (Wildman–Crippen MR) is 95.3 cm³/mol. The minimum atomic E-state index is -0.866. The van der Waals surface area contributed by atoms with Crippen LogP contribution in [-0.4, -0.2) is 11.9 Å². The molecule has 0 aromatic heterocycles. The largest absolute Gasteiger partial charge is 0.349 e. The van der Waals surface area contributed by atoms with Gasteiger partial charge in [0.05, 0.1) is 0 Å². The molecular formula is C19H17Cl2F2NO. The van der Waals surface area contributed by atoms with Gasteiger partial charge in [-0.15, -0.1) is 0 Å². The first kappa shape index (κ1) is 18.2. The van der Waals surface area contributed by atoms with Crippen molar-refractivity contribution in [3.63, 3.8) is 0 Å². The number of rotatable bonds is 3. The van der Waals surface area contributed by atoms with Gasteiger partial charge in [0.1, 0.15) is 17.2 Å². The van der Waals surface area contributed by atoms with Crippen molar-refractivity contribution in [3.05, 3.63) is 69.2 Å². The third-order valence-electron chi connectivity index (χ3n) is 4.63. The van der Waals surface area contributed by atoms with Gasteiger partial charge in [-0.1, -0.05) is 48.2 Å². The average Bonchev–Trinajstić information content (AvgIpc) is 2.55. The van der Waals surface area contributed by atoms with Crippen LogP contribution in [0.5, 0.6) is 0 Å². The first-order valence-corrected chi connectivity index (χ1v) is 8.93. The molecule has 0 saturated heterocycles. The maximum absolute atomic E-state index is 13.8. The number of carbonyl (C=O) groups excluding carboxylic acids is 1. The van der Waals surface area contributed by atoms with Crippen LogP contribution in [0.3, 0.4) is 0 Å². The number of hydrogen-bond donors (Lipinski definition) is 1. The van der Waals surface area contributed by atoms with Gasteiger partial charge in [-0.3, -0.25) is 4.79 Å². The Morgan fingerprint density at radius 1 is 1.04 bits per heavy atom. The molecule has 2 nitrogen and oxygen atoms in total. The van der Waals surface area contributed by atoms with Crippen molar-refractivity contribution in [2.24, 2.45) is 0 Å². The summed E-state index contributed by atoms with van der Waals surface area (Å²) in [5.41, 5.74) is 0.346. The molecule has 1 aliphatic rings. The minimum absolute atomic E-state index is 0.0164. The van der Waals surface area contributed by atoms with E-state index in [0.717, 1.165) is 43.4 Å². The summed E-state index contributed by atoms with van der Waals surface area (Å²) in [4.78, 5) is 12.4. The van der Waals surface area contributed by atoms with Gasteiger partial charge >= 0.3 is 0 Å². The molecule has 3 rings (SSSR count). The molecule has 0 aliphatic heterocycles. The number of halogens is 4. The van der Waals surface area contributed by atoms with Crippen LogP contribution >= 0.6 is 23.2 Å². The monoisotopic (exact) mass is 383 g/mol. The fourth-order valence-electron chi connectivity index (χ4n) is 3.43. The highest BCUT2D eigenvalue weighted by atomic mass is 35.5. The molecule has 1 saturated carbocycles. The van der Waals surface area contributed by atoms with Crippen LogP contribution in [0.25, 0.3) is 0 Å². The van der Waals surface area contributed by atoms with E-state index in [1.165, 1.54) is 6.07 Å². The Balaban J connectivity index is 1.85. The lowest BCUT2D eigenvalue weighted by atomic mass is 9.80. The average molecular weight is 384 g/mol. The summed E-state index contributed by atoms with van der Waals surface area (Å²) in [6.07, 6.45) is 3.51. The lowest BCUT2D eigenvalue weighted by Crippen LogP contribution is -2.41. The number of amides is 1. The quantitative estimate of drug-likeness (QED) is 0.720. The minimum Gasteiger partial charge on any atom is -0.349 e. The number of benzene rings is 2. The molecule has 0 radical (unpaired) electrons. The van der Waals surface area contributed by atoms with Crippen molar-refractivity contribution in [3.8, 4) is 0 Å². The maximum atomic E-state index is 13.8. The lowest BCUT2D eigenvalue weighted by molar-refractivity contribution is 0.0912. The Labute approximate surface area is 155 Å². The van der Waals surface area contributed by atoms with Crippen LogP contribution in [-0.2, 0) is 0 Å². The van der Waals surface area contributed by atoms with Gasteiger partial charge in [0, 0.05) is 22.0 Å².